The van der Waals surface area contributed by atoms with Crippen LogP contribution >= 0.6 is 37.8 Å². The zero-order chi connectivity index (χ0) is 8.91. The van der Waals surface area contributed by atoms with Crippen LogP contribution in [0, 0.1) is 5.92 Å². The summed E-state index contributed by atoms with van der Waals surface area (Å²) in [6, 6.07) is 0. The molecule has 0 aromatic heterocycles. The normalized spacial score (nSPS) is 12.5. The quantitative estimate of drug-likeness (QED) is 0.505. The molecule has 0 fully saturated rings. The molecule has 0 aliphatic carbocycles. The van der Waals surface area contributed by atoms with Crippen LogP contribution in [0.25, 0.3) is 0 Å². The van der Waals surface area contributed by atoms with E-state index in [4.69, 9.17) is 34.3 Å². The highest BCUT2D eigenvalue weighted by atomic mass is 35.9. The van der Waals surface area contributed by atoms with Crippen molar-refractivity contribution in [2.45, 2.75) is 26.7 Å². The summed E-state index contributed by atoms with van der Waals surface area (Å²) >= 11 is 17.8. The molecule has 0 bridgehead atoms. The van der Waals surface area contributed by atoms with Crippen LogP contribution in [-0.2, 0) is 11.8 Å². The summed E-state index contributed by atoms with van der Waals surface area (Å²) in [5, 5.41) is 0. The summed E-state index contributed by atoms with van der Waals surface area (Å²) < 4.78 is -2.03. The van der Waals surface area contributed by atoms with Crippen LogP contribution in [-0.4, -0.2) is 5.75 Å². The van der Waals surface area contributed by atoms with Crippen molar-refractivity contribution in [1.29, 1.82) is 0 Å². The lowest BCUT2D eigenvalue weighted by Crippen LogP contribution is -1.87. The molecule has 0 aliphatic rings. The third-order valence-electron chi connectivity index (χ3n) is 1.17. The summed E-state index contributed by atoms with van der Waals surface area (Å²) in [4.78, 5) is 0. The Labute approximate surface area is 87.7 Å². The Bertz CT molecular complexity index is 144. The molecule has 0 N–H and O–H groups in total. The minimum Gasteiger partial charge on any atom is -0.0948 e. The molecule has 0 unspecified atom stereocenters. The van der Waals surface area contributed by atoms with E-state index in [9.17, 15) is 0 Å². The molecule has 0 saturated heterocycles. The van der Waals surface area contributed by atoms with Crippen molar-refractivity contribution in [1.82, 2.24) is 0 Å². The van der Waals surface area contributed by atoms with Crippen LogP contribution in [0.3, 0.4) is 0 Å². The van der Waals surface area contributed by atoms with Gasteiger partial charge in [-0.3, -0.25) is 0 Å². The summed E-state index contributed by atoms with van der Waals surface area (Å²) in [7, 11) is 0. The molecule has 68 valence electrons. The minimum atomic E-state index is -2.03. The summed E-state index contributed by atoms with van der Waals surface area (Å²) in [5.74, 6) is 1.77. The minimum absolute atomic E-state index is 0.763. The third kappa shape index (κ3) is 11.6. The molecule has 0 saturated carbocycles. The van der Waals surface area contributed by atoms with E-state index >= 15 is 0 Å². The second-order valence-corrected chi connectivity index (χ2v) is 15.0. The van der Waals surface area contributed by atoms with Gasteiger partial charge in [-0.2, -0.15) is 0 Å². The molecule has 0 amide bonds. The fourth-order valence-corrected chi connectivity index (χ4v) is 4.11. The maximum Gasteiger partial charge on any atom is 0.171 e. The van der Waals surface area contributed by atoms with E-state index in [1.165, 1.54) is 24.2 Å². The van der Waals surface area contributed by atoms with Gasteiger partial charge in [-0.1, -0.05) is 65.9 Å². The standard InChI is InChI=1S/C6H13Cl2PS2/c1-6(2)4-3-5-11-9(7,8)10/h6H,3-5H2,1-2H3. The Morgan fingerprint density at radius 1 is 1.45 bits per heavy atom. The lowest BCUT2D eigenvalue weighted by molar-refractivity contribution is 0.579. The maximum absolute atomic E-state index is 5.70. The van der Waals surface area contributed by atoms with Crippen LogP contribution in [0.1, 0.15) is 26.7 Å². The zero-order valence-electron chi connectivity index (χ0n) is 6.72. The third-order valence-corrected chi connectivity index (χ3v) is 6.09. The highest BCUT2D eigenvalue weighted by molar-refractivity contribution is 8.85. The number of hydrogen-bond acceptors (Lipinski definition) is 2. The molecule has 11 heavy (non-hydrogen) atoms. The van der Waals surface area contributed by atoms with E-state index in [0.717, 1.165) is 11.7 Å². The van der Waals surface area contributed by atoms with E-state index in [2.05, 4.69) is 13.8 Å². The van der Waals surface area contributed by atoms with E-state index < -0.39 is 3.95 Å². The molecular weight excluding hydrogens is 238 g/mol. The van der Waals surface area contributed by atoms with Crippen molar-refractivity contribution in [3.05, 3.63) is 0 Å². The van der Waals surface area contributed by atoms with E-state index in [1.807, 2.05) is 0 Å². The molecule has 0 rings (SSSR count). The smallest absolute Gasteiger partial charge is 0.0948 e. The Balaban J connectivity index is 3.22. The van der Waals surface area contributed by atoms with Crippen molar-refractivity contribution in [3.63, 3.8) is 0 Å². The number of hydrogen-bond donors (Lipinski definition) is 0. The highest BCUT2D eigenvalue weighted by Gasteiger charge is 2.07. The van der Waals surface area contributed by atoms with Gasteiger partial charge < -0.3 is 0 Å². The fraction of sp³-hybridized carbons (Fsp3) is 1.00. The van der Waals surface area contributed by atoms with Gasteiger partial charge in [0, 0.05) is 5.75 Å². The first-order valence-electron chi connectivity index (χ1n) is 3.55. The van der Waals surface area contributed by atoms with Gasteiger partial charge in [-0.15, -0.1) is 0 Å². The molecule has 0 nitrogen and oxygen atoms in total. The zero-order valence-corrected chi connectivity index (χ0v) is 10.8. The highest BCUT2D eigenvalue weighted by Crippen LogP contribution is 2.68. The van der Waals surface area contributed by atoms with Crippen LogP contribution < -0.4 is 0 Å². The van der Waals surface area contributed by atoms with Crippen LogP contribution in [0.5, 0.6) is 0 Å². The second kappa shape index (κ2) is 6.10. The summed E-state index contributed by atoms with van der Waals surface area (Å²) in [6.45, 7) is 4.42. The van der Waals surface area contributed by atoms with Crippen molar-refractivity contribution >= 4 is 49.6 Å². The van der Waals surface area contributed by atoms with Crippen molar-refractivity contribution in [2.24, 2.45) is 5.92 Å². The van der Waals surface area contributed by atoms with Crippen molar-refractivity contribution < 1.29 is 0 Å². The first-order chi connectivity index (χ1) is 4.92. The van der Waals surface area contributed by atoms with Crippen LogP contribution in [0.15, 0.2) is 0 Å². The Morgan fingerprint density at radius 2 is 2.00 bits per heavy atom. The molecule has 0 heterocycles. The van der Waals surface area contributed by atoms with Gasteiger partial charge in [-0.05, 0) is 12.3 Å². The lowest BCUT2D eigenvalue weighted by atomic mass is 10.1. The average Bonchev–Trinajstić information content (AvgIpc) is 1.78. The molecule has 0 aromatic carbocycles. The Morgan fingerprint density at radius 3 is 2.36 bits per heavy atom. The van der Waals surface area contributed by atoms with E-state index in [1.54, 1.807) is 0 Å². The van der Waals surface area contributed by atoms with Gasteiger partial charge in [0.15, 0.2) is 3.95 Å². The topological polar surface area (TPSA) is 0 Å². The molecule has 0 spiro atoms. The first kappa shape index (κ1) is 12.6. The van der Waals surface area contributed by atoms with Crippen molar-refractivity contribution in [3.8, 4) is 0 Å². The van der Waals surface area contributed by atoms with Crippen molar-refractivity contribution in [2.75, 3.05) is 5.75 Å². The summed E-state index contributed by atoms with van der Waals surface area (Å²) in [6.07, 6.45) is 2.40. The Hall–Kier alpha value is 1.58. The molecule has 0 aromatic rings. The SMILES string of the molecule is CC(C)CCCSP(=S)(Cl)Cl. The molecule has 0 atom stereocenters. The first-order valence-corrected chi connectivity index (χ1v) is 9.76. The lowest BCUT2D eigenvalue weighted by Gasteiger charge is -2.05. The summed E-state index contributed by atoms with van der Waals surface area (Å²) in [5.41, 5.74) is 0. The predicted molar refractivity (Wildman–Crippen MR) is 62.5 cm³/mol. The molecule has 5 heteroatoms. The van der Waals surface area contributed by atoms with Gasteiger partial charge in [0.05, 0.1) is 0 Å². The number of rotatable bonds is 5. The average molecular weight is 251 g/mol. The predicted octanol–water partition coefficient (Wildman–Crippen LogP) is 4.86. The van der Waals surface area contributed by atoms with Gasteiger partial charge in [-0.25, -0.2) is 0 Å². The molecule has 0 aliphatic heterocycles. The Kier molecular flexibility index (Phi) is 6.97. The van der Waals surface area contributed by atoms with Gasteiger partial charge in [0.1, 0.15) is 0 Å². The van der Waals surface area contributed by atoms with Gasteiger partial charge >= 0.3 is 0 Å². The van der Waals surface area contributed by atoms with E-state index in [0.29, 0.717) is 0 Å². The molecular formula is C6H13Cl2PS2. The van der Waals surface area contributed by atoms with Gasteiger partial charge in [0.25, 0.3) is 0 Å². The van der Waals surface area contributed by atoms with Crippen LogP contribution in [0.2, 0.25) is 0 Å². The largest absolute Gasteiger partial charge is 0.171 e. The maximum atomic E-state index is 5.70. The van der Waals surface area contributed by atoms with Crippen LogP contribution in [0.4, 0.5) is 0 Å². The fourth-order valence-electron chi connectivity index (χ4n) is 0.662. The second-order valence-electron chi connectivity index (χ2n) is 2.78. The number of halogens is 2. The monoisotopic (exact) mass is 250 g/mol. The molecule has 0 radical (unpaired) electrons. The van der Waals surface area contributed by atoms with E-state index in [-0.39, 0.29) is 0 Å². The van der Waals surface area contributed by atoms with Gasteiger partial charge in [0.2, 0.25) is 0 Å².